The number of rotatable bonds is 4. The van der Waals surface area contributed by atoms with Gasteiger partial charge in [0.2, 0.25) is 0 Å². The van der Waals surface area contributed by atoms with Gasteiger partial charge in [-0.25, -0.2) is 0 Å². The molecule has 0 bridgehead atoms. The maximum atomic E-state index is 9.37. The lowest BCUT2D eigenvalue weighted by Gasteiger charge is -2.37. The van der Waals surface area contributed by atoms with E-state index in [4.69, 9.17) is 0 Å². The molecular formula is C17H33NO. The van der Waals surface area contributed by atoms with Gasteiger partial charge >= 0.3 is 0 Å². The van der Waals surface area contributed by atoms with Gasteiger partial charge in [0.05, 0.1) is 0 Å². The molecule has 112 valence electrons. The highest BCUT2D eigenvalue weighted by atomic mass is 16.3. The zero-order valence-electron chi connectivity index (χ0n) is 13.1. The van der Waals surface area contributed by atoms with Crippen molar-refractivity contribution in [2.45, 2.75) is 71.8 Å². The molecule has 2 aliphatic carbocycles. The van der Waals surface area contributed by atoms with Gasteiger partial charge in [-0.05, 0) is 68.2 Å². The van der Waals surface area contributed by atoms with Crippen LogP contribution >= 0.6 is 0 Å². The summed E-state index contributed by atoms with van der Waals surface area (Å²) in [7, 11) is 0. The summed E-state index contributed by atoms with van der Waals surface area (Å²) in [5.74, 6) is 2.20. The molecule has 0 spiro atoms. The van der Waals surface area contributed by atoms with Gasteiger partial charge in [0.25, 0.3) is 0 Å². The summed E-state index contributed by atoms with van der Waals surface area (Å²) in [5.41, 5.74) is 0.485. The van der Waals surface area contributed by atoms with Crippen LogP contribution in [0.2, 0.25) is 0 Å². The van der Waals surface area contributed by atoms with E-state index in [1.807, 2.05) is 0 Å². The molecule has 19 heavy (non-hydrogen) atoms. The van der Waals surface area contributed by atoms with Gasteiger partial charge in [0.1, 0.15) is 0 Å². The molecule has 2 nitrogen and oxygen atoms in total. The lowest BCUT2D eigenvalue weighted by atomic mass is 9.71. The van der Waals surface area contributed by atoms with Gasteiger partial charge in [-0.15, -0.1) is 0 Å². The predicted molar refractivity (Wildman–Crippen MR) is 81.1 cm³/mol. The Morgan fingerprint density at radius 1 is 0.947 bits per heavy atom. The normalized spacial score (nSPS) is 36.6. The van der Waals surface area contributed by atoms with Gasteiger partial charge < -0.3 is 10.4 Å². The first-order valence-electron chi connectivity index (χ1n) is 8.35. The van der Waals surface area contributed by atoms with Gasteiger partial charge in [-0.2, -0.15) is 0 Å². The molecule has 2 fully saturated rings. The first-order valence-corrected chi connectivity index (χ1v) is 8.35. The average molecular weight is 267 g/mol. The Bertz CT molecular complexity index is 263. The Hall–Kier alpha value is -0.0800. The van der Waals surface area contributed by atoms with Crippen LogP contribution in [-0.4, -0.2) is 24.3 Å². The molecule has 2 rings (SSSR count). The molecule has 2 saturated carbocycles. The fourth-order valence-electron chi connectivity index (χ4n) is 4.10. The smallest absolute Gasteiger partial charge is 0.0462 e. The molecule has 0 aromatic heterocycles. The molecule has 2 N–H and O–H groups in total. The molecule has 0 radical (unpaired) electrons. The van der Waals surface area contributed by atoms with Crippen LogP contribution in [0.5, 0.6) is 0 Å². The number of hydrogen-bond acceptors (Lipinski definition) is 2. The largest absolute Gasteiger partial charge is 0.396 e. The van der Waals surface area contributed by atoms with Crippen LogP contribution in [0.4, 0.5) is 0 Å². The first kappa shape index (κ1) is 15.3. The second kappa shape index (κ2) is 6.58. The second-order valence-electron chi connectivity index (χ2n) is 7.96. The summed E-state index contributed by atoms with van der Waals surface area (Å²) in [6.07, 6.45) is 9.32. The third kappa shape index (κ3) is 4.19. The van der Waals surface area contributed by atoms with E-state index in [1.54, 1.807) is 0 Å². The SMILES string of the molecule is CC(C)(C)C1CCC(NCC2CCCC2CO)CC1. The van der Waals surface area contributed by atoms with Crippen molar-refractivity contribution < 1.29 is 5.11 Å². The fourth-order valence-corrected chi connectivity index (χ4v) is 4.10. The van der Waals surface area contributed by atoms with E-state index in [-0.39, 0.29) is 0 Å². The third-order valence-corrected chi connectivity index (χ3v) is 5.67. The summed E-state index contributed by atoms with van der Waals surface area (Å²) in [6, 6.07) is 0.735. The van der Waals surface area contributed by atoms with Crippen molar-refractivity contribution in [1.82, 2.24) is 5.32 Å². The highest BCUT2D eigenvalue weighted by molar-refractivity contribution is 4.85. The molecule has 2 heteroatoms. The summed E-state index contributed by atoms with van der Waals surface area (Å²) in [6.45, 7) is 8.68. The topological polar surface area (TPSA) is 32.3 Å². The predicted octanol–water partition coefficient (Wildman–Crippen LogP) is 3.59. The molecular weight excluding hydrogens is 234 g/mol. The maximum Gasteiger partial charge on any atom is 0.0462 e. The zero-order valence-corrected chi connectivity index (χ0v) is 13.1. The molecule has 2 atom stereocenters. The first-order chi connectivity index (χ1) is 9.00. The van der Waals surface area contributed by atoms with Gasteiger partial charge in [0.15, 0.2) is 0 Å². The van der Waals surface area contributed by atoms with Crippen molar-refractivity contribution in [3.8, 4) is 0 Å². The molecule has 0 aromatic rings. The van der Waals surface area contributed by atoms with Crippen LogP contribution in [0, 0.1) is 23.2 Å². The minimum atomic E-state index is 0.392. The number of hydrogen-bond donors (Lipinski definition) is 2. The summed E-state index contributed by atoms with van der Waals surface area (Å²) < 4.78 is 0. The number of aliphatic hydroxyl groups is 1. The quantitative estimate of drug-likeness (QED) is 0.816. The third-order valence-electron chi connectivity index (χ3n) is 5.67. The minimum absolute atomic E-state index is 0.392. The van der Waals surface area contributed by atoms with Crippen LogP contribution in [0.1, 0.15) is 65.7 Å². The van der Waals surface area contributed by atoms with Crippen molar-refractivity contribution >= 4 is 0 Å². The van der Waals surface area contributed by atoms with E-state index in [2.05, 4.69) is 26.1 Å². The molecule has 0 aliphatic heterocycles. The van der Waals surface area contributed by atoms with Gasteiger partial charge in [-0.1, -0.05) is 27.2 Å². The maximum absolute atomic E-state index is 9.37. The van der Waals surface area contributed by atoms with E-state index < -0.39 is 0 Å². The molecule has 0 aromatic carbocycles. The van der Waals surface area contributed by atoms with E-state index in [1.165, 1.54) is 44.9 Å². The molecule has 0 amide bonds. The lowest BCUT2D eigenvalue weighted by molar-refractivity contribution is 0.152. The monoisotopic (exact) mass is 267 g/mol. The Balaban J connectivity index is 1.68. The highest BCUT2D eigenvalue weighted by Crippen LogP contribution is 2.38. The molecule has 2 unspecified atom stereocenters. The second-order valence-corrected chi connectivity index (χ2v) is 7.96. The number of nitrogens with one attached hydrogen (secondary N) is 1. The van der Waals surface area contributed by atoms with Crippen molar-refractivity contribution in [2.75, 3.05) is 13.2 Å². The standard InChI is InChI=1S/C17H33NO/c1-17(2,3)15-7-9-16(10-8-15)18-11-13-5-4-6-14(13)12-19/h13-16,18-19H,4-12H2,1-3H3. The zero-order chi connectivity index (χ0) is 13.9. The minimum Gasteiger partial charge on any atom is -0.396 e. The van der Waals surface area contributed by atoms with E-state index in [0.29, 0.717) is 17.9 Å². The number of aliphatic hydroxyl groups excluding tert-OH is 1. The Morgan fingerprint density at radius 2 is 1.58 bits per heavy atom. The van der Waals surface area contributed by atoms with Crippen molar-refractivity contribution in [2.24, 2.45) is 23.2 Å². The average Bonchev–Trinajstić information content (AvgIpc) is 2.83. The molecule has 2 aliphatic rings. The van der Waals surface area contributed by atoms with Crippen LogP contribution in [0.15, 0.2) is 0 Å². The van der Waals surface area contributed by atoms with E-state index >= 15 is 0 Å². The van der Waals surface area contributed by atoms with E-state index in [0.717, 1.165) is 24.4 Å². The van der Waals surface area contributed by atoms with Crippen LogP contribution in [0.25, 0.3) is 0 Å². The molecule has 0 saturated heterocycles. The Morgan fingerprint density at radius 3 is 2.16 bits per heavy atom. The van der Waals surface area contributed by atoms with Crippen LogP contribution < -0.4 is 5.32 Å². The van der Waals surface area contributed by atoms with Gasteiger partial charge in [-0.3, -0.25) is 0 Å². The van der Waals surface area contributed by atoms with Crippen molar-refractivity contribution in [3.63, 3.8) is 0 Å². The fraction of sp³-hybridized carbons (Fsp3) is 1.00. The van der Waals surface area contributed by atoms with Crippen LogP contribution in [-0.2, 0) is 0 Å². The summed E-state index contributed by atoms with van der Waals surface area (Å²) in [4.78, 5) is 0. The summed E-state index contributed by atoms with van der Waals surface area (Å²) >= 11 is 0. The Kier molecular flexibility index (Phi) is 5.30. The summed E-state index contributed by atoms with van der Waals surface area (Å²) in [5, 5.41) is 13.2. The lowest BCUT2D eigenvalue weighted by Crippen LogP contribution is -2.39. The van der Waals surface area contributed by atoms with Crippen LogP contribution in [0.3, 0.4) is 0 Å². The van der Waals surface area contributed by atoms with Gasteiger partial charge in [0, 0.05) is 12.6 Å². The highest BCUT2D eigenvalue weighted by Gasteiger charge is 2.31. The van der Waals surface area contributed by atoms with Crippen molar-refractivity contribution in [1.29, 1.82) is 0 Å². The Labute approximate surface area is 119 Å². The van der Waals surface area contributed by atoms with Crippen molar-refractivity contribution in [3.05, 3.63) is 0 Å². The molecule has 0 heterocycles. The van der Waals surface area contributed by atoms with E-state index in [9.17, 15) is 5.11 Å².